The van der Waals surface area contributed by atoms with Crippen LogP contribution in [0.3, 0.4) is 0 Å². The summed E-state index contributed by atoms with van der Waals surface area (Å²) >= 11 is 1.57. The van der Waals surface area contributed by atoms with Crippen LogP contribution >= 0.6 is 11.8 Å². The van der Waals surface area contributed by atoms with Gasteiger partial charge >= 0.3 is 5.97 Å². The molecule has 1 atom stereocenters. The Morgan fingerprint density at radius 2 is 2.14 bits per heavy atom. The van der Waals surface area contributed by atoms with Gasteiger partial charge in [0.1, 0.15) is 5.54 Å². The van der Waals surface area contributed by atoms with Gasteiger partial charge in [-0.1, -0.05) is 13.8 Å². The van der Waals surface area contributed by atoms with Crippen molar-refractivity contribution in [3.05, 3.63) is 0 Å². The van der Waals surface area contributed by atoms with Crippen molar-refractivity contribution in [1.82, 2.24) is 5.32 Å². The summed E-state index contributed by atoms with van der Waals surface area (Å²) in [6, 6.07) is 0. The fraction of sp³-hybridized carbons (Fsp3) is 0.778. The number of carbonyl (C=O) groups excluding carboxylic acids is 1. The van der Waals surface area contributed by atoms with Crippen LogP contribution in [0.4, 0.5) is 0 Å². The lowest BCUT2D eigenvalue weighted by molar-refractivity contribution is -0.146. The second-order valence-electron chi connectivity index (χ2n) is 4.48. The van der Waals surface area contributed by atoms with E-state index in [1.165, 1.54) is 0 Å². The van der Waals surface area contributed by atoms with E-state index in [1.807, 2.05) is 13.8 Å². The number of hydrogen-bond acceptors (Lipinski definition) is 3. The van der Waals surface area contributed by atoms with E-state index in [0.717, 1.165) is 5.75 Å². The molecule has 80 valence electrons. The summed E-state index contributed by atoms with van der Waals surface area (Å²) in [5.41, 5.74) is -1.12. The van der Waals surface area contributed by atoms with Crippen molar-refractivity contribution in [2.45, 2.75) is 25.8 Å². The summed E-state index contributed by atoms with van der Waals surface area (Å²) in [6.07, 6.45) is 0.969. The van der Waals surface area contributed by atoms with Gasteiger partial charge in [-0.05, 0) is 17.6 Å². The number of carboxylic acid groups (broad SMARTS) is 1. The summed E-state index contributed by atoms with van der Waals surface area (Å²) in [7, 11) is 0. The second-order valence-corrected chi connectivity index (χ2v) is 5.47. The van der Waals surface area contributed by atoms with Crippen LogP contribution in [0.2, 0.25) is 0 Å². The maximum Gasteiger partial charge on any atom is 0.330 e. The molecule has 1 rings (SSSR count). The van der Waals surface area contributed by atoms with Crippen LogP contribution in [0.5, 0.6) is 0 Å². The average Bonchev–Trinajstić information content (AvgIpc) is 2.02. The normalized spacial score (nSPS) is 30.7. The summed E-state index contributed by atoms with van der Waals surface area (Å²) in [6.45, 7) is 4.03. The minimum absolute atomic E-state index is 0.0443. The Morgan fingerprint density at radius 1 is 1.50 bits per heavy atom. The monoisotopic (exact) mass is 217 g/mol. The van der Waals surface area contributed by atoms with Crippen LogP contribution in [0.1, 0.15) is 20.3 Å². The number of nitrogens with one attached hydrogen (secondary N) is 1. The van der Waals surface area contributed by atoms with Crippen molar-refractivity contribution in [2.24, 2.45) is 5.41 Å². The van der Waals surface area contributed by atoms with Crippen LogP contribution < -0.4 is 5.32 Å². The molecule has 0 spiro atoms. The number of amides is 1. The Kier molecular flexibility index (Phi) is 3.09. The molecule has 1 unspecified atom stereocenters. The predicted molar refractivity (Wildman–Crippen MR) is 55.3 cm³/mol. The van der Waals surface area contributed by atoms with Gasteiger partial charge in [0.25, 0.3) is 0 Å². The van der Waals surface area contributed by atoms with Gasteiger partial charge in [-0.15, -0.1) is 0 Å². The number of rotatable bonds is 3. The zero-order chi connectivity index (χ0) is 10.8. The molecule has 1 saturated heterocycles. The third-order valence-corrected chi connectivity index (χ3v) is 4.05. The highest BCUT2D eigenvalue weighted by Crippen LogP contribution is 2.39. The summed E-state index contributed by atoms with van der Waals surface area (Å²) in [4.78, 5) is 21.5. The zero-order valence-electron chi connectivity index (χ0n) is 8.37. The summed E-state index contributed by atoms with van der Waals surface area (Å²) in [5, 5.41) is 11.6. The molecule has 1 aliphatic rings. The van der Waals surface area contributed by atoms with Crippen molar-refractivity contribution in [2.75, 3.05) is 11.5 Å². The number of aliphatic carboxylic acids is 1. The van der Waals surface area contributed by atoms with Gasteiger partial charge < -0.3 is 10.4 Å². The lowest BCUT2D eigenvalue weighted by Gasteiger charge is -2.41. The van der Waals surface area contributed by atoms with Gasteiger partial charge in [0.05, 0.1) is 0 Å². The molecule has 4 nitrogen and oxygen atoms in total. The molecule has 0 aliphatic carbocycles. The Hall–Kier alpha value is -0.710. The van der Waals surface area contributed by atoms with E-state index in [-0.39, 0.29) is 5.41 Å². The lowest BCUT2D eigenvalue weighted by atomic mass is 9.80. The lowest BCUT2D eigenvalue weighted by Crippen LogP contribution is -2.58. The Bertz CT molecular complexity index is 254. The number of hydrogen-bond donors (Lipinski definition) is 2. The van der Waals surface area contributed by atoms with Crippen LogP contribution in [0.25, 0.3) is 0 Å². The zero-order valence-corrected chi connectivity index (χ0v) is 9.19. The van der Waals surface area contributed by atoms with Crippen molar-refractivity contribution in [1.29, 1.82) is 0 Å². The first-order valence-electron chi connectivity index (χ1n) is 4.44. The van der Waals surface area contributed by atoms with Crippen LogP contribution in [0.15, 0.2) is 0 Å². The Balaban J connectivity index is 2.87. The van der Waals surface area contributed by atoms with Gasteiger partial charge in [0.15, 0.2) is 0 Å². The van der Waals surface area contributed by atoms with Crippen molar-refractivity contribution < 1.29 is 14.7 Å². The van der Waals surface area contributed by atoms with Crippen molar-refractivity contribution in [3.8, 4) is 0 Å². The van der Waals surface area contributed by atoms with E-state index in [4.69, 9.17) is 5.11 Å². The first-order valence-corrected chi connectivity index (χ1v) is 5.60. The molecule has 0 aromatic carbocycles. The molecule has 0 radical (unpaired) electrons. The van der Waals surface area contributed by atoms with E-state index in [9.17, 15) is 9.59 Å². The van der Waals surface area contributed by atoms with E-state index >= 15 is 0 Å². The highest BCUT2D eigenvalue weighted by atomic mass is 32.2. The van der Waals surface area contributed by atoms with Gasteiger partial charge in [0.2, 0.25) is 6.41 Å². The van der Waals surface area contributed by atoms with Crippen molar-refractivity contribution >= 4 is 24.1 Å². The molecule has 14 heavy (non-hydrogen) atoms. The molecular formula is C9H15NO3S. The first kappa shape index (κ1) is 11.4. The summed E-state index contributed by atoms with van der Waals surface area (Å²) in [5.74, 6) is 0.442. The first-order chi connectivity index (χ1) is 6.42. The highest BCUT2D eigenvalue weighted by Gasteiger charge is 2.46. The van der Waals surface area contributed by atoms with Gasteiger partial charge in [-0.25, -0.2) is 4.79 Å². The molecule has 0 aromatic heterocycles. The molecule has 5 heteroatoms. The van der Waals surface area contributed by atoms with Gasteiger partial charge in [-0.3, -0.25) is 4.79 Å². The molecular weight excluding hydrogens is 202 g/mol. The molecule has 1 heterocycles. The van der Waals surface area contributed by atoms with Crippen molar-refractivity contribution in [3.63, 3.8) is 0 Å². The molecule has 0 bridgehead atoms. The second kappa shape index (κ2) is 3.81. The molecule has 0 aromatic rings. The minimum atomic E-state index is -1.08. The van der Waals surface area contributed by atoms with E-state index in [0.29, 0.717) is 18.6 Å². The smallest absolute Gasteiger partial charge is 0.330 e. The number of carbonyl (C=O) groups is 2. The van der Waals surface area contributed by atoms with Gasteiger partial charge in [-0.2, -0.15) is 11.8 Å². The SMILES string of the molecule is CC1(C)CSCC(NC=O)(C(=O)O)C1. The maximum absolute atomic E-state index is 11.1. The van der Waals surface area contributed by atoms with E-state index < -0.39 is 11.5 Å². The standard InChI is InChI=1S/C9H15NO3S/c1-8(2)3-9(7(12)13,10-6-11)5-14-4-8/h6H,3-5H2,1-2H3,(H,10,11)(H,12,13). The number of thioether (sulfide) groups is 1. The minimum Gasteiger partial charge on any atom is -0.479 e. The fourth-order valence-electron chi connectivity index (χ4n) is 1.83. The molecule has 1 aliphatic heterocycles. The largest absolute Gasteiger partial charge is 0.479 e. The molecule has 2 N–H and O–H groups in total. The van der Waals surface area contributed by atoms with Crippen LogP contribution in [-0.2, 0) is 9.59 Å². The molecule has 1 fully saturated rings. The molecule has 0 saturated carbocycles. The third kappa shape index (κ3) is 2.20. The fourth-order valence-corrected chi connectivity index (χ4v) is 3.24. The quantitative estimate of drug-likeness (QED) is 0.684. The van der Waals surface area contributed by atoms with Crippen LogP contribution in [0, 0.1) is 5.41 Å². The maximum atomic E-state index is 11.1. The predicted octanol–water partition coefficient (Wildman–Crippen LogP) is 0.719. The molecule has 1 amide bonds. The van der Waals surface area contributed by atoms with Gasteiger partial charge in [0, 0.05) is 5.75 Å². The van der Waals surface area contributed by atoms with E-state index in [1.54, 1.807) is 11.8 Å². The highest BCUT2D eigenvalue weighted by molar-refractivity contribution is 7.99. The summed E-state index contributed by atoms with van der Waals surface area (Å²) < 4.78 is 0. The Labute approximate surface area is 87.4 Å². The third-order valence-electron chi connectivity index (χ3n) is 2.37. The average molecular weight is 217 g/mol. The number of carboxylic acids is 1. The topological polar surface area (TPSA) is 66.4 Å². The Morgan fingerprint density at radius 3 is 2.57 bits per heavy atom. The van der Waals surface area contributed by atoms with E-state index in [2.05, 4.69) is 5.32 Å². The van der Waals surface area contributed by atoms with Crippen LogP contribution in [-0.4, -0.2) is 34.5 Å².